The first kappa shape index (κ1) is 29.3. The third kappa shape index (κ3) is 7.27. The van der Waals surface area contributed by atoms with Gasteiger partial charge in [-0.15, -0.1) is 0 Å². The number of rotatable bonds is 13. The molecular weight excluding hydrogens is 526 g/mol. The molecule has 38 heavy (non-hydrogen) atoms. The molecule has 0 aromatic heterocycles. The number of nitrogens with zero attached hydrogens (tertiary/aromatic N) is 1. The molecule has 210 valence electrons. The molecule has 1 saturated heterocycles. The fourth-order valence-corrected chi connectivity index (χ4v) is 6.74. The molecule has 8 nitrogen and oxygen atoms in total. The second-order valence-electron chi connectivity index (χ2n) is 10.0. The number of nitrogens with one attached hydrogen (secondary N) is 1. The van der Waals surface area contributed by atoms with Crippen LogP contribution in [0, 0.1) is 13.8 Å². The lowest BCUT2D eigenvalue weighted by Crippen LogP contribution is -2.43. The van der Waals surface area contributed by atoms with Crippen molar-refractivity contribution in [1.29, 1.82) is 0 Å². The van der Waals surface area contributed by atoms with Crippen molar-refractivity contribution in [3.63, 3.8) is 0 Å². The molecule has 0 saturated carbocycles. The number of ether oxygens (including phenoxy) is 3. The van der Waals surface area contributed by atoms with Gasteiger partial charge >= 0.3 is 0 Å². The Morgan fingerprint density at radius 2 is 1.74 bits per heavy atom. The SMILES string of the molecule is Cc1cc(S(=O)(=O)NCCOCCOCCN)ccc1O[C@H]1c2cc(Cl)cc(C)c2C[C@@H]1N1CCCCC1. The van der Waals surface area contributed by atoms with E-state index in [1.54, 1.807) is 18.2 Å². The van der Waals surface area contributed by atoms with Crippen LogP contribution in [0.5, 0.6) is 5.75 Å². The summed E-state index contributed by atoms with van der Waals surface area (Å²) in [5.74, 6) is 0.683. The van der Waals surface area contributed by atoms with Gasteiger partial charge in [-0.3, -0.25) is 4.90 Å². The lowest BCUT2D eigenvalue weighted by atomic mass is 10.0. The maximum Gasteiger partial charge on any atom is 0.240 e. The summed E-state index contributed by atoms with van der Waals surface area (Å²) in [6.45, 7) is 8.32. The maximum absolute atomic E-state index is 12.8. The third-order valence-corrected chi connectivity index (χ3v) is 8.96. The summed E-state index contributed by atoms with van der Waals surface area (Å²) in [6.07, 6.45) is 4.44. The highest BCUT2D eigenvalue weighted by Crippen LogP contribution is 2.42. The summed E-state index contributed by atoms with van der Waals surface area (Å²) in [5, 5.41) is 0.713. The highest BCUT2D eigenvalue weighted by Gasteiger charge is 2.39. The van der Waals surface area contributed by atoms with Gasteiger partial charge in [0.05, 0.1) is 37.4 Å². The molecule has 2 aromatic rings. The van der Waals surface area contributed by atoms with Crippen molar-refractivity contribution in [3.05, 3.63) is 57.6 Å². The summed E-state index contributed by atoms with van der Waals surface area (Å²) >= 11 is 6.46. The van der Waals surface area contributed by atoms with Crippen LogP contribution in [0.1, 0.15) is 47.6 Å². The largest absolute Gasteiger partial charge is 0.484 e. The van der Waals surface area contributed by atoms with Crippen LogP contribution >= 0.6 is 11.6 Å². The molecule has 0 amide bonds. The highest BCUT2D eigenvalue weighted by molar-refractivity contribution is 7.89. The second-order valence-corrected chi connectivity index (χ2v) is 12.2. The number of likely N-dealkylation sites (tertiary alicyclic amines) is 1. The Labute approximate surface area is 231 Å². The molecule has 1 fully saturated rings. The molecule has 2 aromatic carbocycles. The zero-order valence-corrected chi connectivity index (χ0v) is 24.0. The van der Waals surface area contributed by atoms with Crippen LogP contribution in [-0.2, 0) is 25.9 Å². The van der Waals surface area contributed by atoms with Crippen molar-refractivity contribution in [2.45, 2.75) is 56.6 Å². The summed E-state index contributed by atoms with van der Waals surface area (Å²) in [6, 6.07) is 9.30. The number of piperidine rings is 1. The van der Waals surface area contributed by atoms with Crippen LogP contribution in [0.3, 0.4) is 0 Å². The number of hydrogen-bond acceptors (Lipinski definition) is 7. The van der Waals surface area contributed by atoms with Crippen LogP contribution < -0.4 is 15.2 Å². The predicted molar refractivity (Wildman–Crippen MR) is 150 cm³/mol. The van der Waals surface area contributed by atoms with Crippen LogP contribution in [0.2, 0.25) is 5.02 Å². The number of sulfonamides is 1. The van der Waals surface area contributed by atoms with E-state index in [1.165, 1.54) is 30.4 Å². The fourth-order valence-electron chi connectivity index (χ4n) is 5.36. The Morgan fingerprint density at radius 1 is 1.00 bits per heavy atom. The van der Waals surface area contributed by atoms with Crippen molar-refractivity contribution in [2.24, 2.45) is 5.73 Å². The predicted octanol–water partition coefficient (Wildman–Crippen LogP) is 3.76. The van der Waals surface area contributed by atoms with E-state index in [2.05, 4.69) is 16.5 Å². The minimum Gasteiger partial charge on any atom is -0.484 e. The Morgan fingerprint density at radius 3 is 2.45 bits per heavy atom. The summed E-state index contributed by atoms with van der Waals surface area (Å²) in [7, 11) is -3.67. The number of hydrogen-bond donors (Lipinski definition) is 2. The lowest BCUT2D eigenvalue weighted by molar-refractivity contribution is 0.0530. The normalized spacial score (nSPS) is 20.0. The van der Waals surface area contributed by atoms with Crippen molar-refractivity contribution in [2.75, 3.05) is 52.6 Å². The first-order valence-electron chi connectivity index (χ1n) is 13.5. The quantitative estimate of drug-likeness (QED) is 0.356. The molecule has 3 N–H and O–H groups in total. The number of fused-ring (bicyclic) bond motifs is 1. The van der Waals surface area contributed by atoms with Gasteiger partial charge in [0.15, 0.2) is 0 Å². The van der Waals surface area contributed by atoms with E-state index in [4.69, 9.17) is 31.5 Å². The van der Waals surface area contributed by atoms with Gasteiger partial charge in [-0.1, -0.05) is 18.0 Å². The Kier molecular flexibility index (Phi) is 10.4. The van der Waals surface area contributed by atoms with E-state index in [1.807, 2.05) is 19.1 Å². The molecule has 1 aliphatic carbocycles. The van der Waals surface area contributed by atoms with Crippen molar-refractivity contribution >= 4 is 21.6 Å². The molecule has 0 bridgehead atoms. The molecular formula is C28H40ClN3O5S. The average molecular weight is 566 g/mol. The summed E-state index contributed by atoms with van der Waals surface area (Å²) in [5.41, 5.74) is 9.77. The van der Waals surface area contributed by atoms with Gasteiger partial charge in [0.25, 0.3) is 0 Å². The summed E-state index contributed by atoms with van der Waals surface area (Å²) < 4.78 is 45.6. The minimum atomic E-state index is -3.67. The number of halogens is 1. The topological polar surface area (TPSA) is 103 Å². The third-order valence-electron chi connectivity index (χ3n) is 7.28. The van der Waals surface area contributed by atoms with Gasteiger partial charge < -0.3 is 19.9 Å². The first-order chi connectivity index (χ1) is 18.3. The van der Waals surface area contributed by atoms with Crippen LogP contribution in [0.4, 0.5) is 0 Å². The number of benzene rings is 2. The Hall–Kier alpha value is -1.72. The van der Waals surface area contributed by atoms with E-state index in [-0.39, 0.29) is 30.2 Å². The van der Waals surface area contributed by atoms with E-state index in [0.29, 0.717) is 37.1 Å². The van der Waals surface area contributed by atoms with Crippen LogP contribution in [0.25, 0.3) is 0 Å². The molecule has 2 atom stereocenters. The average Bonchev–Trinajstić information content (AvgIpc) is 3.25. The maximum atomic E-state index is 12.8. The number of aryl methyl sites for hydroxylation is 2. The van der Waals surface area contributed by atoms with Crippen LogP contribution in [-0.4, -0.2) is 72.0 Å². The zero-order chi connectivity index (χ0) is 27.1. The number of nitrogens with two attached hydrogens (primary N) is 1. The van der Waals surface area contributed by atoms with E-state index < -0.39 is 10.0 Å². The smallest absolute Gasteiger partial charge is 0.240 e. The molecule has 10 heteroatoms. The standard InChI is InChI=1S/C28H40ClN3O5S/c1-20-16-22(29)18-25-24(20)19-26(32-10-4-3-5-11-32)28(25)37-27-7-6-23(17-21(27)2)38(33,34)31-9-13-36-15-14-35-12-8-30/h6-7,16-18,26,28,31H,3-5,8-15,19,30H2,1-2H3/t26-,28-/m0/s1. The lowest BCUT2D eigenvalue weighted by Gasteiger charge is -2.36. The van der Waals surface area contributed by atoms with Gasteiger partial charge in [-0.25, -0.2) is 13.1 Å². The Bertz CT molecular complexity index is 1190. The first-order valence-corrected chi connectivity index (χ1v) is 15.3. The van der Waals surface area contributed by atoms with Crippen LogP contribution in [0.15, 0.2) is 35.2 Å². The monoisotopic (exact) mass is 565 g/mol. The molecule has 1 aliphatic heterocycles. The van der Waals surface area contributed by atoms with E-state index in [0.717, 1.165) is 30.6 Å². The molecule has 4 rings (SSSR count). The highest BCUT2D eigenvalue weighted by atomic mass is 35.5. The fraction of sp³-hybridized carbons (Fsp3) is 0.571. The zero-order valence-electron chi connectivity index (χ0n) is 22.4. The summed E-state index contributed by atoms with van der Waals surface area (Å²) in [4.78, 5) is 2.75. The van der Waals surface area contributed by atoms with Gasteiger partial charge in [-0.2, -0.15) is 0 Å². The molecule has 2 aliphatic rings. The van der Waals surface area contributed by atoms with Gasteiger partial charge in [0.1, 0.15) is 11.9 Å². The minimum absolute atomic E-state index is 0.161. The molecule has 0 unspecified atom stereocenters. The van der Waals surface area contributed by atoms with Gasteiger partial charge in [0.2, 0.25) is 10.0 Å². The van der Waals surface area contributed by atoms with E-state index in [9.17, 15) is 8.42 Å². The van der Waals surface area contributed by atoms with Crippen molar-refractivity contribution in [1.82, 2.24) is 9.62 Å². The van der Waals surface area contributed by atoms with Crippen molar-refractivity contribution < 1.29 is 22.6 Å². The van der Waals surface area contributed by atoms with E-state index >= 15 is 0 Å². The van der Waals surface area contributed by atoms with Gasteiger partial charge in [-0.05, 0) is 98.8 Å². The van der Waals surface area contributed by atoms with Gasteiger partial charge in [0, 0.05) is 18.1 Å². The molecule has 0 radical (unpaired) electrons. The van der Waals surface area contributed by atoms with Crippen molar-refractivity contribution in [3.8, 4) is 5.75 Å². The Balaban J connectivity index is 1.43. The molecule has 0 spiro atoms. The second kappa shape index (κ2) is 13.6. The molecule has 1 heterocycles.